The van der Waals surface area contributed by atoms with Gasteiger partial charge in [0.05, 0.1) is 5.52 Å². The van der Waals surface area contributed by atoms with Gasteiger partial charge in [0.2, 0.25) is 5.72 Å². The molecule has 1 fully saturated rings. The van der Waals surface area contributed by atoms with Crippen LogP contribution < -0.4 is 11.2 Å². The minimum absolute atomic E-state index is 0.403. The molecular weight excluding hydrogens is 276 g/mol. The van der Waals surface area contributed by atoms with Crippen LogP contribution >= 0.6 is 0 Å². The van der Waals surface area contributed by atoms with Gasteiger partial charge in [-0.2, -0.15) is 0 Å². The Balaban J connectivity index is 1.70. The summed E-state index contributed by atoms with van der Waals surface area (Å²) in [6.45, 7) is 0.403. The van der Waals surface area contributed by atoms with E-state index in [0.29, 0.717) is 12.5 Å². The highest BCUT2D eigenvalue weighted by Crippen LogP contribution is 2.38. The van der Waals surface area contributed by atoms with Gasteiger partial charge in [-0.05, 0) is 25.0 Å². The summed E-state index contributed by atoms with van der Waals surface area (Å²) in [5.74, 6) is 1.16. The average molecular weight is 296 g/mol. The second-order valence-electron chi connectivity index (χ2n) is 6.11. The number of aromatic nitrogens is 1. The first-order chi connectivity index (χ1) is 10.8. The van der Waals surface area contributed by atoms with Gasteiger partial charge in [0.1, 0.15) is 0 Å². The van der Waals surface area contributed by atoms with Gasteiger partial charge in [0.25, 0.3) is 0 Å². The molecule has 2 aliphatic rings. The van der Waals surface area contributed by atoms with E-state index in [4.69, 9.17) is 15.6 Å². The number of rotatable bonds is 3. The molecule has 1 aliphatic heterocycles. The van der Waals surface area contributed by atoms with Crippen LogP contribution in [0.3, 0.4) is 0 Å². The van der Waals surface area contributed by atoms with Crippen LogP contribution in [0.1, 0.15) is 31.2 Å². The molecule has 3 N–H and O–H groups in total. The van der Waals surface area contributed by atoms with Gasteiger partial charge in [-0.1, -0.05) is 31.0 Å². The summed E-state index contributed by atoms with van der Waals surface area (Å²) in [4.78, 5) is 15.1. The van der Waals surface area contributed by atoms with Crippen LogP contribution in [-0.2, 0) is 4.84 Å². The highest BCUT2D eigenvalue weighted by molar-refractivity contribution is 6.01. The molecule has 1 unspecified atom stereocenters. The van der Waals surface area contributed by atoms with Crippen molar-refractivity contribution in [3.8, 4) is 0 Å². The summed E-state index contributed by atoms with van der Waals surface area (Å²) in [6, 6.07) is 10.1. The maximum atomic E-state index is 6.00. The van der Waals surface area contributed by atoms with Gasteiger partial charge in [-0.15, -0.1) is 0 Å². The molecule has 0 bridgehead atoms. The first-order valence-electron chi connectivity index (χ1n) is 7.90. The van der Waals surface area contributed by atoms with E-state index >= 15 is 0 Å². The Bertz CT molecular complexity index is 723. The number of hydrogen-bond acceptors (Lipinski definition) is 5. The normalized spacial score (nSPS) is 25.4. The lowest BCUT2D eigenvalue weighted by Crippen LogP contribution is -2.44. The Kier molecular flexibility index (Phi) is 3.32. The van der Waals surface area contributed by atoms with Crippen molar-refractivity contribution >= 4 is 16.7 Å². The van der Waals surface area contributed by atoms with Crippen molar-refractivity contribution in [1.29, 1.82) is 0 Å². The molecule has 2 aromatic rings. The van der Waals surface area contributed by atoms with Crippen LogP contribution in [0.5, 0.6) is 0 Å². The Morgan fingerprint density at radius 2 is 2.14 bits per heavy atom. The van der Waals surface area contributed by atoms with Crippen molar-refractivity contribution in [1.82, 2.24) is 10.5 Å². The molecule has 22 heavy (non-hydrogen) atoms. The molecular formula is C17H20N4O. The van der Waals surface area contributed by atoms with Crippen LogP contribution in [0.25, 0.3) is 10.9 Å². The Morgan fingerprint density at radius 1 is 1.27 bits per heavy atom. The molecule has 1 aromatic carbocycles. The molecule has 0 radical (unpaired) electrons. The van der Waals surface area contributed by atoms with Gasteiger partial charge in [-0.25, -0.2) is 15.3 Å². The second kappa shape index (κ2) is 5.34. The van der Waals surface area contributed by atoms with Crippen molar-refractivity contribution in [3.63, 3.8) is 0 Å². The fraction of sp³-hybridized carbons (Fsp3) is 0.412. The number of benzene rings is 1. The minimum Gasteiger partial charge on any atom is -0.326 e. The summed E-state index contributed by atoms with van der Waals surface area (Å²) in [5, 5.41) is 1.12. The van der Waals surface area contributed by atoms with Crippen LogP contribution in [0.15, 0.2) is 41.5 Å². The van der Waals surface area contributed by atoms with Crippen LogP contribution in [0.2, 0.25) is 0 Å². The van der Waals surface area contributed by atoms with Crippen molar-refractivity contribution in [2.24, 2.45) is 16.6 Å². The zero-order chi connectivity index (χ0) is 15.0. The van der Waals surface area contributed by atoms with Gasteiger partial charge in [0, 0.05) is 29.6 Å². The third-order valence-electron chi connectivity index (χ3n) is 4.79. The number of hydrogen-bond donors (Lipinski definition) is 2. The first-order valence-corrected chi connectivity index (χ1v) is 7.90. The van der Waals surface area contributed by atoms with E-state index in [1.807, 2.05) is 18.2 Å². The van der Waals surface area contributed by atoms with Gasteiger partial charge in [0.15, 0.2) is 5.84 Å². The predicted molar refractivity (Wildman–Crippen MR) is 86.2 cm³/mol. The third kappa shape index (κ3) is 2.17. The van der Waals surface area contributed by atoms with E-state index in [0.717, 1.165) is 35.1 Å². The van der Waals surface area contributed by atoms with Gasteiger partial charge >= 0.3 is 0 Å². The quantitative estimate of drug-likeness (QED) is 0.912. The number of nitrogens with two attached hydrogens (primary N) is 1. The average Bonchev–Trinajstić information content (AvgIpc) is 3.24. The predicted octanol–water partition coefficient (Wildman–Crippen LogP) is 2.36. The number of aliphatic imine (C=N–C) groups is 1. The number of hydroxylamine groups is 1. The lowest BCUT2D eigenvalue weighted by molar-refractivity contribution is -0.0851. The minimum atomic E-state index is -0.606. The Labute approximate surface area is 129 Å². The van der Waals surface area contributed by atoms with Crippen molar-refractivity contribution in [2.75, 3.05) is 6.54 Å². The summed E-state index contributed by atoms with van der Waals surface area (Å²) in [6.07, 6.45) is 6.54. The molecule has 0 saturated heterocycles. The molecule has 1 atom stereocenters. The third-order valence-corrected chi connectivity index (χ3v) is 4.79. The molecule has 5 heteroatoms. The number of amidine groups is 1. The second-order valence-corrected chi connectivity index (χ2v) is 6.11. The summed E-state index contributed by atoms with van der Waals surface area (Å²) < 4.78 is 0. The molecule has 1 saturated carbocycles. The summed E-state index contributed by atoms with van der Waals surface area (Å²) in [5.41, 5.74) is 10.3. The van der Waals surface area contributed by atoms with E-state index in [-0.39, 0.29) is 0 Å². The summed E-state index contributed by atoms with van der Waals surface area (Å²) in [7, 11) is 0. The summed E-state index contributed by atoms with van der Waals surface area (Å²) >= 11 is 0. The van der Waals surface area contributed by atoms with Crippen molar-refractivity contribution in [3.05, 3.63) is 42.1 Å². The van der Waals surface area contributed by atoms with Gasteiger partial charge < -0.3 is 5.73 Å². The number of fused-ring (bicyclic) bond motifs is 1. The molecule has 5 nitrogen and oxygen atoms in total. The number of nitrogens with zero attached hydrogens (tertiary/aromatic N) is 2. The smallest absolute Gasteiger partial charge is 0.202 e. The van der Waals surface area contributed by atoms with Crippen molar-refractivity contribution in [2.45, 2.75) is 31.4 Å². The number of pyridine rings is 1. The largest absolute Gasteiger partial charge is 0.326 e. The van der Waals surface area contributed by atoms with Crippen LogP contribution in [0, 0.1) is 5.92 Å². The molecule has 2 heterocycles. The maximum absolute atomic E-state index is 6.00. The fourth-order valence-electron chi connectivity index (χ4n) is 3.51. The van der Waals surface area contributed by atoms with E-state index in [1.165, 1.54) is 12.8 Å². The lowest BCUT2D eigenvalue weighted by Gasteiger charge is -2.28. The topological polar surface area (TPSA) is 72.5 Å². The molecule has 1 aliphatic carbocycles. The monoisotopic (exact) mass is 296 g/mol. The SMILES string of the molecule is NCC1(C2CCCC2)N=C(c2ccc3cccnc3c2)NO1. The Morgan fingerprint density at radius 3 is 2.95 bits per heavy atom. The molecule has 1 aromatic heterocycles. The molecule has 114 valence electrons. The first kappa shape index (κ1) is 13.7. The standard InChI is InChI=1S/C17H20N4O/c18-11-17(14-5-1-2-6-14)20-16(21-22-17)13-8-7-12-4-3-9-19-15(12)10-13/h3-4,7-10,14H,1-2,5-6,11,18H2,(H,20,21). The molecule has 0 spiro atoms. The van der Waals surface area contributed by atoms with Gasteiger partial charge in [-0.3, -0.25) is 4.98 Å². The van der Waals surface area contributed by atoms with E-state index in [1.54, 1.807) is 6.20 Å². The zero-order valence-electron chi connectivity index (χ0n) is 12.5. The fourth-order valence-corrected chi connectivity index (χ4v) is 3.51. The maximum Gasteiger partial charge on any atom is 0.202 e. The van der Waals surface area contributed by atoms with Crippen molar-refractivity contribution < 1.29 is 4.84 Å². The lowest BCUT2D eigenvalue weighted by atomic mass is 9.94. The van der Waals surface area contributed by atoms with Crippen LogP contribution in [-0.4, -0.2) is 23.1 Å². The molecule has 4 rings (SSSR count). The Hall–Kier alpha value is -1.98. The highest BCUT2D eigenvalue weighted by atomic mass is 16.7. The van der Waals surface area contributed by atoms with Crippen LogP contribution in [0.4, 0.5) is 0 Å². The van der Waals surface area contributed by atoms with E-state index < -0.39 is 5.72 Å². The van der Waals surface area contributed by atoms with E-state index in [9.17, 15) is 0 Å². The van der Waals surface area contributed by atoms with E-state index in [2.05, 4.69) is 22.6 Å². The number of nitrogens with one attached hydrogen (secondary N) is 1. The highest BCUT2D eigenvalue weighted by Gasteiger charge is 2.44. The molecule has 0 amide bonds. The zero-order valence-corrected chi connectivity index (χ0v) is 12.5.